The minimum atomic E-state index is -0.715. The van der Waals surface area contributed by atoms with Crippen LogP contribution >= 0.6 is 0 Å². The lowest BCUT2D eigenvalue weighted by molar-refractivity contribution is 0.0585. The average Bonchev–Trinajstić information content (AvgIpc) is 2.83. The fourth-order valence-electron chi connectivity index (χ4n) is 3.48. The number of rotatable bonds is 3. The number of esters is 1. The van der Waals surface area contributed by atoms with E-state index >= 15 is 0 Å². The van der Waals surface area contributed by atoms with E-state index in [0.717, 1.165) is 10.8 Å². The van der Waals surface area contributed by atoms with Crippen LogP contribution in [0.1, 0.15) is 10.6 Å². The number of fused-ring (bicyclic) bond motifs is 3. The molecule has 8 nitrogen and oxygen atoms in total. The van der Waals surface area contributed by atoms with Crippen molar-refractivity contribution >= 4 is 27.7 Å². The number of benzene rings is 2. The van der Waals surface area contributed by atoms with Crippen LogP contribution in [0.3, 0.4) is 0 Å². The second kappa shape index (κ2) is 7.42. The van der Waals surface area contributed by atoms with E-state index in [9.17, 15) is 9.59 Å². The van der Waals surface area contributed by atoms with E-state index in [1.807, 2.05) is 36.4 Å². The van der Waals surface area contributed by atoms with Crippen LogP contribution in [0.15, 0.2) is 76.2 Å². The van der Waals surface area contributed by atoms with Crippen molar-refractivity contribution in [1.82, 2.24) is 20.2 Å². The fourth-order valence-corrected chi connectivity index (χ4v) is 3.48. The zero-order chi connectivity index (χ0) is 21.4. The minimum Gasteiger partial charge on any atom is -0.463 e. The summed E-state index contributed by atoms with van der Waals surface area (Å²) in [5.41, 5.74) is 1.69. The van der Waals surface area contributed by atoms with Gasteiger partial charge in [0.2, 0.25) is 0 Å². The first-order valence-corrected chi connectivity index (χ1v) is 9.35. The molecule has 5 aromatic rings. The number of hydrogen-bond donors (Lipinski definition) is 0. The Hall–Kier alpha value is -4.46. The summed E-state index contributed by atoms with van der Waals surface area (Å²) in [4.78, 5) is 33.0. The molecule has 0 aliphatic heterocycles. The standard InChI is InChI=1S/C23H14N4O4/c1-30-23(29)22-25-19(14-6-4-10-24-12-14)20(26-27-22)17-11-18(28)31-21-15-7-3-2-5-13(15)8-9-16(17)21/h2-12H,1H3. The molecule has 0 unspecified atom stereocenters. The molecule has 0 aliphatic rings. The number of carbonyl (C=O) groups excluding carboxylic acids is 1. The maximum atomic E-state index is 12.5. The van der Waals surface area contributed by atoms with Gasteiger partial charge in [-0.15, -0.1) is 10.2 Å². The van der Waals surface area contributed by atoms with E-state index in [4.69, 9.17) is 9.15 Å². The Morgan fingerprint density at radius 1 is 0.968 bits per heavy atom. The summed E-state index contributed by atoms with van der Waals surface area (Å²) in [7, 11) is 1.24. The van der Waals surface area contributed by atoms with Crippen LogP contribution in [0.5, 0.6) is 0 Å². The molecule has 3 heterocycles. The van der Waals surface area contributed by atoms with Gasteiger partial charge in [0, 0.05) is 40.4 Å². The number of nitrogens with zero attached hydrogens (tertiary/aromatic N) is 4. The molecule has 0 atom stereocenters. The summed E-state index contributed by atoms with van der Waals surface area (Å²) in [5, 5.41) is 10.6. The molecule has 0 spiro atoms. The van der Waals surface area contributed by atoms with Crippen molar-refractivity contribution in [1.29, 1.82) is 0 Å². The van der Waals surface area contributed by atoms with Crippen molar-refractivity contribution < 1.29 is 13.9 Å². The normalized spacial score (nSPS) is 11.0. The first-order valence-electron chi connectivity index (χ1n) is 9.35. The van der Waals surface area contributed by atoms with Crippen LogP contribution in [-0.4, -0.2) is 33.2 Å². The number of carbonyl (C=O) groups is 1. The van der Waals surface area contributed by atoms with Crippen molar-refractivity contribution in [3.8, 4) is 22.5 Å². The van der Waals surface area contributed by atoms with E-state index in [1.54, 1.807) is 24.5 Å². The van der Waals surface area contributed by atoms with Gasteiger partial charge in [-0.2, -0.15) is 0 Å². The number of aromatic nitrogens is 4. The molecule has 8 heteroatoms. The molecule has 0 saturated carbocycles. The highest BCUT2D eigenvalue weighted by atomic mass is 16.5. The molecule has 0 amide bonds. The molecule has 0 saturated heterocycles. The summed E-state index contributed by atoms with van der Waals surface area (Å²) >= 11 is 0. The third kappa shape index (κ3) is 3.20. The van der Waals surface area contributed by atoms with Crippen LogP contribution in [0.4, 0.5) is 0 Å². The van der Waals surface area contributed by atoms with Crippen LogP contribution in [0.2, 0.25) is 0 Å². The fraction of sp³-hybridized carbons (Fsp3) is 0.0435. The predicted molar refractivity (Wildman–Crippen MR) is 113 cm³/mol. The van der Waals surface area contributed by atoms with E-state index in [-0.39, 0.29) is 5.82 Å². The van der Waals surface area contributed by atoms with E-state index in [2.05, 4.69) is 20.2 Å². The lowest BCUT2D eigenvalue weighted by atomic mass is 9.99. The van der Waals surface area contributed by atoms with Crippen LogP contribution < -0.4 is 5.63 Å². The van der Waals surface area contributed by atoms with E-state index in [1.165, 1.54) is 13.2 Å². The van der Waals surface area contributed by atoms with Crippen molar-refractivity contribution in [2.24, 2.45) is 0 Å². The number of methoxy groups -OCH3 is 1. The SMILES string of the molecule is COC(=O)c1nnc(-c2cc(=O)oc3c2ccc2ccccc23)c(-c2cccnc2)n1. The monoisotopic (exact) mass is 410 g/mol. The van der Waals surface area contributed by atoms with Crippen LogP contribution in [0.25, 0.3) is 44.3 Å². The summed E-state index contributed by atoms with van der Waals surface area (Å²) in [6.07, 6.45) is 3.22. The first kappa shape index (κ1) is 18.6. The van der Waals surface area contributed by atoms with Gasteiger partial charge < -0.3 is 9.15 Å². The van der Waals surface area contributed by atoms with Gasteiger partial charge in [-0.05, 0) is 23.6 Å². The van der Waals surface area contributed by atoms with Gasteiger partial charge in [-0.1, -0.05) is 30.3 Å². The van der Waals surface area contributed by atoms with Gasteiger partial charge in [-0.3, -0.25) is 4.98 Å². The Kier molecular flexibility index (Phi) is 4.44. The van der Waals surface area contributed by atoms with Gasteiger partial charge >= 0.3 is 11.6 Å². The van der Waals surface area contributed by atoms with Gasteiger partial charge in [-0.25, -0.2) is 14.6 Å². The summed E-state index contributed by atoms with van der Waals surface area (Å²) in [6.45, 7) is 0. The van der Waals surface area contributed by atoms with Crippen LogP contribution in [-0.2, 0) is 4.74 Å². The third-order valence-corrected chi connectivity index (χ3v) is 4.88. The smallest absolute Gasteiger partial charge is 0.378 e. The molecule has 0 N–H and O–H groups in total. The number of pyridine rings is 1. The second-order valence-corrected chi connectivity index (χ2v) is 6.71. The molecular formula is C23H14N4O4. The van der Waals surface area contributed by atoms with Gasteiger partial charge in [0.15, 0.2) is 0 Å². The zero-order valence-corrected chi connectivity index (χ0v) is 16.3. The Bertz CT molecular complexity index is 1510. The highest BCUT2D eigenvalue weighted by Gasteiger charge is 2.21. The molecule has 3 aromatic heterocycles. The highest BCUT2D eigenvalue weighted by molar-refractivity contribution is 6.09. The quantitative estimate of drug-likeness (QED) is 0.252. The Balaban J connectivity index is 1.86. The Morgan fingerprint density at radius 2 is 1.84 bits per heavy atom. The van der Waals surface area contributed by atoms with Crippen molar-refractivity contribution in [3.63, 3.8) is 0 Å². The molecule has 0 aliphatic carbocycles. The lowest BCUT2D eigenvalue weighted by Crippen LogP contribution is -2.11. The molecule has 0 fully saturated rings. The summed E-state index contributed by atoms with van der Waals surface area (Å²) < 4.78 is 10.3. The van der Waals surface area contributed by atoms with Gasteiger partial charge in [0.1, 0.15) is 17.0 Å². The zero-order valence-electron chi connectivity index (χ0n) is 16.3. The molecule has 5 rings (SSSR count). The molecule has 2 aromatic carbocycles. The second-order valence-electron chi connectivity index (χ2n) is 6.71. The summed E-state index contributed by atoms with van der Waals surface area (Å²) in [5.74, 6) is -0.907. The Labute approximate surface area is 175 Å². The topological polar surface area (TPSA) is 108 Å². The molecule has 31 heavy (non-hydrogen) atoms. The van der Waals surface area contributed by atoms with Gasteiger partial charge in [0.25, 0.3) is 5.82 Å². The molecule has 0 bridgehead atoms. The maximum absolute atomic E-state index is 12.5. The predicted octanol–water partition coefficient (Wildman–Crippen LogP) is 3.65. The molecular weight excluding hydrogens is 396 g/mol. The third-order valence-electron chi connectivity index (χ3n) is 4.88. The average molecular weight is 410 g/mol. The first-order chi connectivity index (χ1) is 15.2. The van der Waals surface area contributed by atoms with E-state index < -0.39 is 11.6 Å². The number of ether oxygens (including phenoxy) is 1. The largest absolute Gasteiger partial charge is 0.463 e. The van der Waals surface area contributed by atoms with Crippen molar-refractivity contribution in [3.05, 3.63) is 83.2 Å². The molecule has 0 radical (unpaired) electrons. The van der Waals surface area contributed by atoms with Crippen molar-refractivity contribution in [2.75, 3.05) is 7.11 Å². The van der Waals surface area contributed by atoms with E-state index in [0.29, 0.717) is 33.5 Å². The summed E-state index contributed by atoms with van der Waals surface area (Å²) in [6, 6.07) is 16.3. The Morgan fingerprint density at radius 3 is 2.65 bits per heavy atom. The minimum absolute atomic E-state index is 0.192. The van der Waals surface area contributed by atoms with Crippen LogP contribution in [0, 0.1) is 0 Å². The lowest BCUT2D eigenvalue weighted by Gasteiger charge is -2.11. The number of hydrogen-bond acceptors (Lipinski definition) is 8. The van der Waals surface area contributed by atoms with Crippen molar-refractivity contribution in [2.45, 2.75) is 0 Å². The highest BCUT2D eigenvalue weighted by Crippen LogP contribution is 2.34. The maximum Gasteiger partial charge on any atom is 0.378 e. The molecule has 150 valence electrons. The van der Waals surface area contributed by atoms with Gasteiger partial charge in [0.05, 0.1) is 7.11 Å².